The molecule has 2 atom stereocenters. The van der Waals surface area contributed by atoms with Gasteiger partial charge in [0.05, 0.1) is 0 Å². The maximum Gasteiger partial charge on any atom is 0.265 e. The average Bonchev–Trinajstić information content (AvgIpc) is 2.97. The Kier molecular flexibility index (Phi) is 9.57. The minimum Gasteiger partial charge on any atom is -0.481 e. The number of ether oxygens (including phenoxy) is 2. The maximum atomic E-state index is 12.9. The summed E-state index contributed by atoms with van der Waals surface area (Å²) in [7, 11) is 0. The Bertz CT molecular complexity index is 1330. The Morgan fingerprint density at radius 1 is 0.600 bits per heavy atom. The van der Waals surface area contributed by atoms with E-state index in [-0.39, 0.29) is 11.8 Å². The molecule has 0 bridgehead atoms. The summed E-state index contributed by atoms with van der Waals surface area (Å²) in [6, 6.07) is 30.6. The SMILES string of the molecule is CC[C@H](Oc1ccccc1)C(=O)Nc1ccc(-c2ccc(NC(=O)[C@H](CC)Oc3ccccc3)c(C)c2)cc1C. The number of nitrogens with one attached hydrogen (secondary N) is 2. The van der Waals surface area contributed by atoms with Crippen molar-refractivity contribution in [3.8, 4) is 22.6 Å². The summed E-state index contributed by atoms with van der Waals surface area (Å²) >= 11 is 0. The van der Waals surface area contributed by atoms with Crippen LogP contribution in [0.5, 0.6) is 11.5 Å². The lowest BCUT2D eigenvalue weighted by atomic mass is 9.99. The lowest BCUT2D eigenvalue weighted by Gasteiger charge is -2.19. The van der Waals surface area contributed by atoms with Crippen molar-refractivity contribution in [3.63, 3.8) is 0 Å². The van der Waals surface area contributed by atoms with Gasteiger partial charge in [0.15, 0.2) is 12.2 Å². The van der Waals surface area contributed by atoms with Crippen LogP contribution in [0.4, 0.5) is 11.4 Å². The van der Waals surface area contributed by atoms with Crippen molar-refractivity contribution in [1.82, 2.24) is 0 Å². The van der Waals surface area contributed by atoms with Gasteiger partial charge in [-0.3, -0.25) is 9.59 Å². The third-order valence-corrected chi connectivity index (χ3v) is 6.67. The first-order valence-corrected chi connectivity index (χ1v) is 13.6. The van der Waals surface area contributed by atoms with Crippen LogP contribution in [0.2, 0.25) is 0 Å². The van der Waals surface area contributed by atoms with Gasteiger partial charge < -0.3 is 20.1 Å². The van der Waals surface area contributed by atoms with E-state index in [9.17, 15) is 9.59 Å². The molecular weight excluding hydrogens is 500 g/mol. The lowest BCUT2D eigenvalue weighted by Crippen LogP contribution is -2.32. The number of benzene rings is 4. The molecule has 6 heteroatoms. The number of hydrogen-bond donors (Lipinski definition) is 2. The summed E-state index contributed by atoms with van der Waals surface area (Å²) in [4.78, 5) is 25.8. The Labute approximate surface area is 236 Å². The summed E-state index contributed by atoms with van der Waals surface area (Å²) in [6.45, 7) is 7.79. The second-order valence-corrected chi connectivity index (χ2v) is 9.69. The van der Waals surface area contributed by atoms with E-state index in [0.717, 1.165) is 33.6 Å². The van der Waals surface area contributed by atoms with E-state index in [4.69, 9.17) is 9.47 Å². The zero-order valence-electron chi connectivity index (χ0n) is 23.4. The molecule has 4 aromatic carbocycles. The van der Waals surface area contributed by atoms with Crippen molar-refractivity contribution in [2.24, 2.45) is 0 Å². The van der Waals surface area contributed by atoms with Crippen LogP contribution in [-0.2, 0) is 9.59 Å². The summed E-state index contributed by atoms with van der Waals surface area (Å²) in [5, 5.41) is 6.02. The van der Waals surface area contributed by atoms with Crippen molar-refractivity contribution in [3.05, 3.63) is 108 Å². The highest BCUT2D eigenvalue weighted by molar-refractivity contribution is 5.96. The Morgan fingerprint density at radius 3 is 1.30 bits per heavy atom. The molecule has 0 aliphatic carbocycles. The van der Waals surface area contributed by atoms with Crippen LogP contribution in [-0.4, -0.2) is 24.0 Å². The zero-order valence-corrected chi connectivity index (χ0v) is 23.4. The van der Waals surface area contributed by atoms with E-state index in [2.05, 4.69) is 10.6 Å². The van der Waals surface area contributed by atoms with E-state index >= 15 is 0 Å². The molecule has 0 spiro atoms. The summed E-state index contributed by atoms with van der Waals surface area (Å²) in [5.74, 6) is 0.973. The molecule has 206 valence electrons. The third kappa shape index (κ3) is 7.29. The van der Waals surface area contributed by atoms with E-state index in [1.54, 1.807) is 0 Å². The van der Waals surface area contributed by atoms with Gasteiger partial charge in [0, 0.05) is 11.4 Å². The Hall–Kier alpha value is -4.58. The predicted octanol–water partition coefficient (Wildman–Crippen LogP) is 7.56. The van der Waals surface area contributed by atoms with Crippen molar-refractivity contribution in [2.45, 2.75) is 52.7 Å². The molecule has 0 saturated heterocycles. The molecule has 0 aliphatic rings. The topological polar surface area (TPSA) is 76.7 Å². The smallest absolute Gasteiger partial charge is 0.265 e. The fraction of sp³-hybridized carbons (Fsp3) is 0.235. The Balaban J connectivity index is 1.41. The normalized spacial score (nSPS) is 12.2. The zero-order chi connectivity index (χ0) is 28.5. The third-order valence-electron chi connectivity index (χ3n) is 6.67. The molecule has 0 aromatic heterocycles. The van der Waals surface area contributed by atoms with E-state index in [1.165, 1.54) is 0 Å². The van der Waals surface area contributed by atoms with E-state index in [1.807, 2.05) is 125 Å². The molecule has 6 nitrogen and oxygen atoms in total. The van der Waals surface area contributed by atoms with Crippen LogP contribution in [0, 0.1) is 13.8 Å². The van der Waals surface area contributed by atoms with Crippen LogP contribution < -0.4 is 20.1 Å². The summed E-state index contributed by atoms with van der Waals surface area (Å²) in [5.41, 5.74) is 5.41. The molecule has 2 N–H and O–H groups in total. The van der Waals surface area contributed by atoms with Crippen molar-refractivity contribution in [2.75, 3.05) is 10.6 Å². The highest BCUT2D eigenvalue weighted by Crippen LogP contribution is 2.29. The van der Waals surface area contributed by atoms with Gasteiger partial charge >= 0.3 is 0 Å². The molecule has 0 heterocycles. The van der Waals surface area contributed by atoms with Crippen LogP contribution >= 0.6 is 0 Å². The fourth-order valence-corrected chi connectivity index (χ4v) is 4.36. The first kappa shape index (κ1) is 28.4. The molecule has 0 radical (unpaired) electrons. The average molecular weight is 537 g/mol. The molecule has 4 aromatic rings. The quantitative estimate of drug-likeness (QED) is 0.207. The standard InChI is InChI=1S/C34H36N2O4/c1-5-31(39-27-13-9-7-10-14-27)33(37)35-29-19-17-25(21-23(29)3)26-18-20-30(24(4)22-26)36-34(38)32(6-2)40-28-15-11-8-12-16-28/h7-22,31-32H,5-6H2,1-4H3,(H,35,37)(H,36,38)/t31-,32-/m0/s1. The number of aryl methyl sites for hydroxylation is 2. The molecular formula is C34H36N2O4. The van der Waals surface area contributed by atoms with Gasteiger partial charge in [-0.25, -0.2) is 0 Å². The molecule has 40 heavy (non-hydrogen) atoms. The minimum atomic E-state index is -0.586. The lowest BCUT2D eigenvalue weighted by molar-refractivity contribution is -0.123. The number of hydrogen-bond acceptors (Lipinski definition) is 4. The van der Waals surface area contributed by atoms with Gasteiger partial charge in [-0.05, 0) is 97.5 Å². The summed E-state index contributed by atoms with van der Waals surface area (Å²) in [6.07, 6.45) is -0.0657. The molecule has 4 rings (SSSR count). The Morgan fingerprint density at radius 2 is 0.975 bits per heavy atom. The molecule has 2 amide bonds. The molecule has 0 fully saturated rings. The number of carbonyl (C=O) groups is 2. The number of rotatable bonds is 11. The van der Waals surface area contributed by atoms with E-state index in [0.29, 0.717) is 24.3 Å². The predicted molar refractivity (Wildman–Crippen MR) is 161 cm³/mol. The van der Waals surface area contributed by atoms with E-state index < -0.39 is 12.2 Å². The van der Waals surface area contributed by atoms with Gasteiger partial charge in [0.1, 0.15) is 11.5 Å². The molecule has 0 unspecified atom stereocenters. The number of anilines is 2. The van der Waals surface area contributed by atoms with Gasteiger partial charge in [0.2, 0.25) is 0 Å². The highest BCUT2D eigenvalue weighted by atomic mass is 16.5. The second kappa shape index (κ2) is 13.5. The number of amides is 2. The van der Waals surface area contributed by atoms with Crippen LogP contribution in [0.3, 0.4) is 0 Å². The van der Waals surface area contributed by atoms with Crippen LogP contribution in [0.25, 0.3) is 11.1 Å². The first-order chi connectivity index (χ1) is 19.4. The maximum absolute atomic E-state index is 12.9. The van der Waals surface area contributed by atoms with Gasteiger partial charge in [0.25, 0.3) is 11.8 Å². The first-order valence-electron chi connectivity index (χ1n) is 13.6. The molecule has 0 saturated carbocycles. The van der Waals surface area contributed by atoms with Crippen molar-refractivity contribution < 1.29 is 19.1 Å². The monoisotopic (exact) mass is 536 g/mol. The van der Waals surface area contributed by atoms with Gasteiger partial charge in [-0.15, -0.1) is 0 Å². The number of carbonyl (C=O) groups excluding carboxylic acids is 2. The number of para-hydroxylation sites is 2. The largest absolute Gasteiger partial charge is 0.481 e. The van der Waals surface area contributed by atoms with Crippen LogP contribution in [0.15, 0.2) is 97.1 Å². The second-order valence-electron chi connectivity index (χ2n) is 9.69. The fourth-order valence-electron chi connectivity index (χ4n) is 4.36. The molecule has 0 aliphatic heterocycles. The van der Waals surface area contributed by atoms with Crippen molar-refractivity contribution in [1.29, 1.82) is 0 Å². The van der Waals surface area contributed by atoms with Crippen molar-refractivity contribution >= 4 is 23.2 Å². The van der Waals surface area contributed by atoms with Gasteiger partial charge in [-0.1, -0.05) is 62.4 Å². The van der Waals surface area contributed by atoms with Gasteiger partial charge in [-0.2, -0.15) is 0 Å². The van der Waals surface area contributed by atoms with Crippen LogP contribution in [0.1, 0.15) is 37.8 Å². The highest BCUT2D eigenvalue weighted by Gasteiger charge is 2.21. The minimum absolute atomic E-state index is 0.181. The summed E-state index contributed by atoms with van der Waals surface area (Å²) < 4.78 is 11.8.